The Morgan fingerprint density at radius 3 is 2.16 bits per heavy atom. The van der Waals surface area contributed by atoms with E-state index in [2.05, 4.69) is 14.8 Å². The molecule has 3 heterocycles. The number of H-pyrrole nitrogens is 1. The third kappa shape index (κ3) is 5.30. The number of nitrogens with zero attached hydrogens (tertiary/aromatic N) is 3. The molecule has 2 fully saturated rings. The number of benzene rings is 3. The monoisotopic (exact) mass is 530 g/mol. The number of ether oxygens (including phenoxy) is 1. The fourth-order valence-corrected chi connectivity index (χ4v) is 6.27. The Labute approximate surface area is 222 Å². The van der Waals surface area contributed by atoms with Gasteiger partial charge in [-0.3, -0.25) is 4.79 Å². The third-order valence-electron chi connectivity index (χ3n) is 7.33. The van der Waals surface area contributed by atoms with Crippen LogP contribution in [0.1, 0.15) is 15.9 Å². The SMILES string of the molecule is O=C(Cc1ccc2nc(-c3ccc(N4CCS(=O)(=O)CC4)cc3)[nH]c2c1)c1ccc(N2CCOCC2)cc1. The minimum Gasteiger partial charge on any atom is -0.378 e. The Morgan fingerprint density at radius 2 is 1.47 bits per heavy atom. The van der Waals surface area contributed by atoms with E-state index in [0.29, 0.717) is 25.1 Å². The van der Waals surface area contributed by atoms with Crippen LogP contribution in [0.2, 0.25) is 0 Å². The molecule has 3 aromatic carbocycles. The van der Waals surface area contributed by atoms with E-state index in [9.17, 15) is 13.2 Å². The van der Waals surface area contributed by atoms with Crippen LogP contribution in [0, 0.1) is 0 Å². The fourth-order valence-electron chi connectivity index (χ4n) is 5.07. The molecule has 1 N–H and O–H groups in total. The van der Waals surface area contributed by atoms with E-state index in [4.69, 9.17) is 9.72 Å². The standard InChI is InChI=1S/C29H30N4O4S/c34-28(22-2-6-24(7-3-22)32-11-15-37-16-12-32)20-21-1-10-26-27(19-21)31-29(30-26)23-4-8-25(9-5-23)33-13-17-38(35,36)18-14-33/h1-10,19H,11-18,20H2,(H,30,31). The zero-order valence-corrected chi connectivity index (χ0v) is 21.9. The Bertz CT molecular complexity index is 1540. The second-order valence-corrected chi connectivity index (χ2v) is 12.2. The lowest BCUT2D eigenvalue weighted by Gasteiger charge is -2.28. The third-order valence-corrected chi connectivity index (χ3v) is 8.94. The van der Waals surface area contributed by atoms with Crippen molar-refractivity contribution in [2.75, 3.05) is 60.7 Å². The fraction of sp³-hybridized carbons (Fsp3) is 0.310. The van der Waals surface area contributed by atoms with Crippen molar-refractivity contribution in [3.05, 3.63) is 77.9 Å². The zero-order valence-electron chi connectivity index (χ0n) is 21.1. The molecule has 1 aromatic heterocycles. The van der Waals surface area contributed by atoms with Gasteiger partial charge in [0.25, 0.3) is 0 Å². The maximum atomic E-state index is 13.0. The van der Waals surface area contributed by atoms with Gasteiger partial charge in [0.1, 0.15) is 5.82 Å². The van der Waals surface area contributed by atoms with Crippen LogP contribution in [0.3, 0.4) is 0 Å². The molecule has 0 aliphatic carbocycles. The molecule has 0 amide bonds. The average molecular weight is 531 g/mol. The predicted molar refractivity (Wildman–Crippen MR) is 150 cm³/mol. The van der Waals surface area contributed by atoms with Gasteiger partial charge in [0.2, 0.25) is 0 Å². The smallest absolute Gasteiger partial charge is 0.167 e. The summed E-state index contributed by atoms with van der Waals surface area (Å²) in [7, 11) is -2.91. The molecule has 0 bridgehead atoms. The molecule has 9 heteroatoms. The van der Waals surface area contributed by atoms with Crippen LogP contribution >= 0.6 is 0 Å². The number of nitrogens with one attached hydrogen (secondary N) is 1. The molecule has 38 heavy (non-hydrogen) atoms. The van der Waals surface area contributed by atoms with Crippen LogP contribution in [0.4, 0.5) is 11.4 Å². The summed E-state index contributed by atoms with van der Waals surface area (Å²) in [6.45, 7) is 4.24. The van der Waals surface area contributed by atoms with Gasteiger partial charge in [-0.1, -0.05) is 6.07 Å². The van der Waals surface area contributed by atoms with Crippen LogP contribution in [0.15, 0.2) is 66.7 Å². The summed E-state index contributed by atoms with van der Waals surface area (Å²) in [6, 6.07) is 21.8. The molecule has 8 nitrogen and oxygen atoms in total. The van der Waals surface area contributed by atoms with Crippen LogP contribution in [0.25, 0.3) is 22.4 Å². The number of rotatable bonds is 6. The Balaban J connectivity index is 1.13. The van der Waals surface area contributed by atoms with Crippen LogP contribution in [0.5, 0.6) is 0 Å². The molecule has 6 rings (SSSR count). The molecular formula is C29H30N4O4S. The largest absolute Gasteiger partial charge is 0.378 e. The average Bonchev–Trinajstić information content (AvgIpc) is 3.37. The number of hydrogen-bond acceptors (Lipinski definition) is 7. The van der Waals surface area contributed by atoms with Crippen molar-refractivity contribution >= 4 is 38.0 Å². The van der Waals surface area contributed by atoms with E-state index in [1.54, 1.807) is 0 Å². The second kappa shape index (κ2) is 10.2. The predicted octanol–water partition coefficient (Wildman–Crippen LogP) is 3.73. The van der Waals surface area contributed by atoms with Gasteiger partial charge in [0.05, 0.1) is 35.8 Å². The minimum absolute atomic E-state index is 0.0821. The molecule has 0 saturated carbocycles. The van der Waals surface area contributed by atoms with Crippen LogP contribution < -0.4 is 9.80 Å². The lowest BCUT2D eigenvalue weighted by molar-refractivity contribution is 0.0993. The van der Waals surface area contributed by atoms with Crippen molar-refractivity contribution in [3.8, 4) is 11.4 Å². The first-order valence-corrected chi connectivity index (χ1v) is 14.8. The molecular weight excluding hydrogens is 500 g/mol. The number of fused-ring (bicyclic) bond motifs is 1. The summed E-state index contributed by atoms with van der Waals surface area (Å²) >= 11 is 0. The van der Waals surface area contributed by atoms with Gasteiger partial charge < -0.3 is 19.5 Å². The maximum Gasteiger partial charge on any atom is 0.167 e. The molecule has 0 spiro atoms. The molecule has 0 unspecified atom stereocenters. The number of aromatic nitrogens is 2. The maximum absolute atomic E-state index is 13.0. The number of imidazole rings is 1. The van der Waals surface area contributed by atoms with E-state index in [-0.39, 0.29) is 17.3 Å². The highest BCUT2D eigenvalue weighted by atomic mass is 32.2. The summed E-state index contributed by atoms with van der Waals surface area (Å²) in [6.07, 6.45) is 0.321. The summed E-state index contributed by atoms with van der Waals surface area (Å²) in [5.41, 5.74) is 6.46. The van der Waals surface area contributed by atoms with Gasteiger partial charge in [-0.2, -0.15) is 0 Å². The lowest BCUT2D eigenvalue weighted by Crippen LogP contribution is -2.40. The molecule has 2 aliphatic heterocycles. The first-order chi connectivity index (χ1) is 18.4. The van der Waals surface area contributed by atoms with Crippen LogP contribution in [-0.2, 0) is 21.0 Å². The number of anilines is 2. The van der Waals surface area contributed by atoms with E-state index in [1.807, 2.05) is 66.7 Å². The van der Waals surface area contributed by atoms with E-state index in [1.165, 1.54) is 0 Å². The van der Waals surface area contributed by atoms with Gasteiger partial charge in [-0.05, 0) is 66.2 Å². The Hall–Kier alpha value is -3.69. The van der Waals surface area contributed by atoms with Crippen molar-refractivity contribution in [3.63, 3.8) is 0 Å². The lowest BCUT2D eigenvalue weighted by atomic mass is 10.0. The number of Topliss-reactive ketones (excluding diaryl/α,β-unsaturated/α-hetero) is 1. The first kappa shape index (κ1) is 24.6. The van der Waals surface area contributed by atoms with Gasteiger partial charge >= 0.3 is 0 Å². The van der Waals surface area contributed by atoms with Crippen molar-refractivity contribution in [2.24, 2.45) is 0 Å². The molecule has 0 atom stereocenters. The number of hydrogen-bond donors (Lipinski definition) is 1. The number of sulfone groups is 1. The van der Waals surface area contributed by atoms with E-state index < -0.39 is 9.84 Å². The van der Waals surface area contributed by atoms with Gasteiger partial charge in [0, 0.05) is 55.1 Å². The Kier molecular flexibility index (Phi) is 6.63. The highest BCUT2D eigenvalue weighted by molar-refractivity contribution is 7.91. The molecule has 2 saturated heterocycles. The summed E-state index contributed by atoms with van der Waals surface area (Å²) in [4.78, 5) is 25.5. The normalized spacial score (nSPS) is 17.6. The summed E-state index contributed by atoms with van der Waals surface area (Å²) in [5, 5.41) is 0. The highest BCUT2D eigenvalue weighted by Crippen LogP contribution is 2.26. The van der Waals surface area contributed by atoms with Crippen molar-refractivity contribution in [1.82, 2.24) is 9.97 Å². The number of carbonyl (C=O) groups is 1. The van der Waals surface area contributed by atoms with Crippen LogP contribution in [-0.4, -0.2) is 75.1 Å². The highest BCUT2D eigenvalue weighted by Gasteiger charge is 2.22. The minimum atomic E-state index is -2.91. The second-order valence-electron chi connectivity index (χ2n) is 9.87. The number of ketones is 1. The van der Waals surface area contributed by atoms with Gasteiger partial charge in [0.15, 0.2) is 15.6 Å². The Morgan fingerprint density at radius 1 is 0.842 bits per heavy atom. The van der Waals surface area contributed by atoms with Gasteiger partial charge in [-0.15, -0.1) is 0 Å². The molecule has 0 radical (unpaired) electrons. The molecule has 196 valence electrons. The quantitative estimate of drug-likeness (QED) is 0.380. The van der Waals surface area contributed by atoms with E-state index in [0.717, 1.165) is 65.7 Å². The first-order valence-electron chi connectivity index (χ1n) is 12.9. The van der Waals surface area contributed by atoms with Crippen molar-refractivity contribution < 1.29 is 17.9 Å². The number of morpholine rings is 1. The summed E-state index contributed by atoms with van der Waals surface area (Å²) < 4.78 is 28.8. The summed E-state index contributed by atoms with van der Waals surface area (Å²) in [5.74, 6) is 1.24. The number of carbonyl (C=O) groups excluding carboxylic acids is 1. The topological polar surface area (TPSA) is 95.6 Å². The van der Waals surface area contributed by atoms with Crippen molar-refractivity contribution in [2.45, 2.75) is 6.42 Å². The van der Waals surface area contributed by atoms with E-state index >= 15 is 0 Å². The van der Waals surface area contributed by atoms with Gasteiger partial charge in [-0.25, -0.2) is 13.4 Å². The zero-order chi connectivity index (χ0) is 26.1. The number of aromatic amines is 1. The molecule has 2 aliphatic rings. The molecule has 4 aromatic rings. The van der Waals surface area contributed by atoms with Crippen molar-refractivity contribution in [1.29, 1.82) is 0 Å².